The van der Waals surface area contributed by atoms with Gasteiger partial charge in [-0.3, -0.25) is 4.79 Å². The number of nitrogens with zero attached hydrogens (tertiary/aromatic N) is 2. The molecule has 5 nitrogen and oxygen atoms in total. The minimum Gasteiger partial charge on any atom is -0.381 e. The van der Waals surface area contributed by atoms with Crippen LogP contribution in [-0.2, 0) is 11.3 Å². The number of thiophene rings is 1. The molecule has 1 aliphatic rings. The summed E-state index contributed by atoms with van der Waals surface area (Å²) < 4.78 is 7.65. The molecule has 0 aliphatic carbocycles. The SMILES string of the molecule is Cc1cnc(C2CCOCC2)n1CCNC(=O)c1ccsc1. The lowest BCUT2D eigenvalue weighted by Crippen LogP contribution is -2.28. The van der Waals surface area contributed by atoms with Crippen LogP contribution in [0.3, 0.4) is 0 Å². The highest BCUT2D eigenvalue weighted by Gasteiger charge is 2.21. The number of aryl methyl sites for hydroxylation is 1. The van der Waals surface area contributed by atoms with Crippen molar-refractivity contribution in [2.75, 3.05) is 19.8 Å². The zero-order valence-electron chi connectivity index (χ0n) is 12.7. The number of carbonyl (C=O) groups excluding carboxylic acids is 1. The van der Waals surface area contributed by atoms with Crippen molar-refractivity contribution in [2.45, 2.75) is 32.2 Å². The number of hydrogen-bond acceptors (Lipinski definition) is 4. The molecule has 3 heterocycles. The van der Waals surface area contributed by atoms with E-state index in [1.165, 1.54) is 11.3 Å². The molecule has 1 fully saturated rings. The summed E-state index contributed by atoms with van der Waals surface area (Å²) in [4.78, 5) is 16.5. The molecule has 1 saturated heterocycles. The molecule has 1 N–H and O–H groups in total. The van der Waals surface area contributed by atoms with Crippen LogP contribution in [0.5, 0.6) is 0 Å². The largest absolute Gasteiger partial charge is 0.381 e. The van der Waals surface area contributed by atoms with Crippen LogP contribution in [-0.4, -0.2) is 35.2 Å². The molecule has 0 saturated carbocycles. The first-order chi connectivity index (χ1) is 10.8. The average molecular weight is 319 g/mol. The van der Waals surface area contributed by atoms with E-state index in [1.54, 1.807) is 0 Å². The molecule has 0 bridgehead atoms. The van der Waals surface area contributed by atoms with Crippen LogP contribution >= 0.6 is 11.3 Å². The first-order valence-electron chi connectivity index (χ1n) is 7.66. The Labute approximate surface area is 134 Å². The second kappa shape index (κ2) is 7.07. The second-order valence-corrected chi connectivity index (χ2v) is 6.34. The maximum absolute atomic E-state index is 12.0. The van der Waals surface area contributed by atoms with Gasteiger partial charge >= 0.3 is 0 Å². The number of imidazole rings is 1. The lowest BCUT2D eigenvalue weighted by atomic mass is 9.99. The van der Waals surface area contributed by atoms with E-state index >= 15 is 0 Å². The first kappa shape index (κ1) is 15.2. The number of amides is 1. The fraction of sp³-hybridized carbons (Fsp3) is 0.500. The summed E-state index contributed by atoms with van der Waals surface area (Å²) >= 11 is 1.53. The molecular weight excluding hydrogens is 298 g/mol. The van der Waals surface area contributed by atoms with Crippen molar-refractivity contribution in [3.8, 4) is 0 Å². The molecule has 6 heteroatoms. The van der Waals surface area contributed by atoms with Gasteiger partial charge in [0.05, 0.1) is 0 Å². The molecule has 2 aromatic heterocycles. The van der Waals surface area contributed by atoms with Crippen molar-refractivity contribution in [3.63, 3.8) is 0 Å². The Morgan fingerprint density at radius 3 is 3.05 bits per heavy atom. The van der Waals surface area contributed by atoms with Gasteiger partial charge in [0.2, 0.25) is 0 Å². The molecule has 0 radical (unpaired) electrons. The fourth-order valence-electron chi connectivity index (χ4n) is 2.83. The maximum atomic E-state index is 12.0. The Bertz CT molecular complexity index is 615. The van der Waals surface area contributed by atoms with E-state index in [9.17, 15) is 4.79 Å². The van der Waals surface area contributed by atoms with E-state index in [1.807, 2.05) is 23.0 Å². The van der Waals surface area contributed by atoms with E-state index < -0.39 is 0 Å². The van der Waals surface area contributed by atoms with Gasteiger partial charge in [-0.05, 0) is 31.2 Å². The molecule has 118 valence electrons. The molecule has 22 heavy (non-hydrogen) atoms. The van der Waals surface area contributed by atoms with Gasteiger partial charge in [-0.2, -0.15) is 11.3 Å². The standard InChI is InChI=1S/C16H21N3O2S/c1-12-10-18-15(13-2-7-21-8-3-13)19(12)6-5-17-16(20)14-4-9-22-11-14/h4,9-11,13H,2-3,5-8H2,1H3,(H,17,20). The highest BCUT2D eigenvalue weighted by atomic mass is 32.1. The van der Waals surface area contributed by atoms with E-state index in [2.05, 4.69) is 21.8 Å². The maximum Gasteiger partial charge on any atom is 0.252 e. The van der Waals surface area contributed by atoms with Crippen molar-refractivity contribution in [2.24, 2.45) is 0 Å². The predicted octanol–water partition coefficient (Wildman–Crippen LogP) is 2.58. The number of hydrogen-bond donors (Lipinski definition) is 1. The van der Waals surface area contributed by atoms with Crippen LogP contribution in [0, 0.1) is 6.92 Å². The Balaban J connectivity index is 1.60. The van der Waals surface area contributed by atoms with Gasteiger partial charge in [0.25, 0.3) is 5.91 Å². The van der Waals surface area contributed by atoms with Crippen molar-refractivity contribution < 1.29 is 9.53 Å². The fourth-order valence-corrected chi connectivity index (χ4v) is 3.47. The minimum atomic E-state index is -0.00775. The van der Waals surface area contributed by atoms with Crippen LogP contribution in [0.4, 0.5) is 0 Å². The number of ether oxygens (including phenoxy) is 1. The van der Waals surface area contributed by atoms with Crippen LogP contribution in [0.15, 0.2) is 23.0 Å². The predicted molar refractivity (Wildman–Crippen MR) is 86.4 cm³/mol. The zero-order chi connectivity index (χ0) is 15.4. The molecule has 3 rings (SSSR count). The monoisotopic (exact) mass is 319 g/mol. The molecule has 1 amide bonds. The van der Waals surface area contributed by atoms with Crippen LogP contribution in [0.25, 0.3) is 0 Å². The molecule has 2 aromatic rings. The normalized spacial score (nSPS) is 15.9. The summed E-state index contributed by atoms with van der Waals surface area (Å²) in [5.41, 5.74) is 1.88. The summed E-state index contributed by atoms with van der Waals surface area (Å²) in [6.07, 6.45) is 3.97. The second-order valence-electron chi connectivity index (χ2n) is 5.56. The van der Waals surface area contributed by atoms with Gasteiger partial charge in [-0.15, -0.1) is 0 Å². The van der Waals surface area contributed by atoms with Crippen LogP contribution in [0.2, 0.25) is 0 Å². The number of carbonyl (C=O) groups is 1. The Kier molecular flexibility index (Phi) is 4.90. The van der Waals surface area contributed by atoms with Crippen molar-refractivity contribution in [1.29, 1.82) is 0 Å². The highest BCUT2D eigenvalue weighted by molar-refractivity contribution is 7.08. The summed E-state index contributed by atoms with van der Waals surface area (Å²) in [5.74, 6) is 1.59. The van der Waals surface area contributed by atoms with Crippen molar-refractivity contribution >= 4 is 17.2 Å². The highest BCUT2D eigenvalue weighted by Crippen LogP contribution is 2.26. The third kappa shape index (κ3) is 3.39. The smallest absolute Gasteiger partial charge is 0.252 e. The summed E-state index contributed by atoms with van der Waals surface area (Å²) in [7, 11) is 0. The van der Waals surface area contributed by atoms with Gasteiger partial charge in [0.1, 0.15) is 5.82 Å². The van der Waals surface area contributed by atoms with E-state index in [0.29, 0.717) is 12.5 Å². The summed E-state index contributed by atoms with van der Waals surface area (Å²) in [6, 6.07) is 1.84. The molecular formula is C16H21N3O2S. The van der Waals surface area contributed by atoms with Gasteiger partial charge in [-0.1, -0.05) is 0 Å². The molecule has 0 unspecified atom stereocenters. The molecule has 1 aliphatic heterocycles. The van der Waals surface area contributed by atoms with Crippen molar-refractivity contribution in [3.05, 3.63) is 40.1 Å². The molecule has 0 atom stereocenters. The topological polar surface area (TPSA) is 56.1 Å². The van der Waals surface area contributed by atoms with Crippen LogP contribution in [0.1, 0.15) is 40.6 Å². The molecule has 0 aromatic carbocycles. The lowest BCUT2D eigenvalue weighted by Gasteiger charge is -2.23. The third-order valence-corrected chi connectivity index (χ3v) is 4.76. The van der Waals surface area contributed by atoms with Crippen LogP contribution < -0.4 is 5.32 Å². The summed E-state index contributed by atoms with van der Waals surface area (Å²) in [6.45, 7) is 5.06. The lowest BCUT2D eigenvalue weighted by molar-refractivity contribution is 0.0827. The Morgan fingerprint density at radius 2 is 2.32 bits per heavy atom. The van der Waals surface area contributed by atoms with E-state index in [-0.39, 0.29) is 5.91 Å². The summed E-state index contributed by atoms with van der Waals surface area (Å²) in [5, 5.41) is 6.76. The van der Waals surface area contributed by atoms with Crippen molar-refractivity contribution in [1.82, 2.24) is 14.9 Å². The van der Waals surface area contributed by atoms with Gasteiger partial charge in [-0.25, -0.2) is 4.98 Å². The first-order valence-corrected chi connectivity index (χ1v) is 8.60. The third-order valence-electron chi connectivity index (χ3n) is 4.08. The zero-order valence-corrected chi connectivity index (χ0v) is 13.6. The number of rotatable bonds is 5. The van der Waals surface area contributed by atoms with Gasteiger partial charge in [0.15, 0.2) is 0 Å². The number of nitrogens with one attached hydrogen (secondary N) is 1. The van der Waals surface area contributed by atoms with E-state index in [4.69, 9.17) is 4.74 Å². The molecule has 0 spiro atoms. The Morgan fingerprint density at radius 1 is 1.50 bits per heavy atom. The van der Waals surface area contributed by atoms with Gasteiger partial charge in [0, 0.05) is 55.1 Å². The van der Waals surface area contributed by atoms with E-state index in [0.717, 1.165) is 49.7 Å². The number of aromatic nitrogens is 2. The minimum absolute atomic E-state index is 0.00775. The Hall–Kier alpha value is -1.66. The average Bonchev–Trinajstić information content (AvgIpc) is 3.19. The van der Waals surface area contributed by atoms with Gasteiger partial charge < -0.3 is 14.6 Å². The quantitative estimate of drug-likeness (QED) is 0.921.